The molecule has 0 atom stereocenters. The van der Waals surface area contributed by atoms with Crippen LogP contribution in [0.25, 0.3) is 0 Å². The van der Waals surface area contributed by atoms with Crippen molar-refractivity contribution in [3.8, 4) is 23.0 Å². The van der Waals surface area contributed by atoms with Crippen molar-refractivity contribution in [2.45, 2.75) is 46.0 Å². The first-order valence-electron chi connectivity index (χ1n) is 12.5. The van der Waals surface area contributed by atoms with E-state index in [1.54, 1.807) is 30.3 Å². The second-order valence-electron chi connectivity index (χ2n) is 8.05. The molecule has 2 aromatic carbocycles. The standard InChI is InChI=1S/C28H34O10/c1-3-5-13-34-23-8-6-21(18-29)16-25(23)35-14-15-36-27(31)10-11-28(32)38-20-37-26-17-22(19-30)7-9-24(26)33-12-4-2/h6-9,16-19H,3-5,10-15,20H2,1-2H3. The van der Waals surface area contributed by atoms with Crippen LogP contribution >= 0.6 is 0 Å². The number of esters is 2. The lowest BCUT2D eigenvalue weighted by Gasteiger charge is -2.13. The van der Waals surface area contributed by atoms with Crippen LogP contribution in [-0.2, 0) is 19.1 Å². The lowest BCUT2D eigenvalue weighted by molar-refractivity contribution is -0.154. The fourth-order valence-electron chi connectivity index (χ4n) is 3.01. The largest absolute Gasteiger partial charge is 0.490 e. The second-order valence-corrected chi connectivity index (χ2v) is 8.05. The van der Waals surface area contributed by atoms with Gasteiger partial charge < -0.3 is 28.4 Å². The molecule has 0 radical (unpaired) electrons. The predicted molar refractivity (Wildman–Crippen MR) is 137 cm³/mol. The van der Waals surface area contributed by atoms with E-state index in [2.05, 4.69) is 0 Å². The quantitative estimate of drug-likeness (QED) is 0.110. The fourth-order valence-corrected chi connectivity index (χ4v) is 3.01. The number of benzene rings is 2. The first kappa shape index (κ1) is 30.1. The van der Waals surface area contributed by atoms with Gasteiger partial charge in [0.15, 0.2) is 23.0 Å². The number of aldehydes is 2. The zero-order valence-electron chi connectivity index (χ0n) is 21.8. The van der Waals surface area contributed by atoms with Crippen molar-refractivity contribution in [1.29, 1.82) is 0 Å². The smallest absolute Gasteiger partial charge is 0.309 e. The van der Waals surface area contributed by atoms with E-state index < -0.39 is 18.7 Å². The van der Waals surface area contributed by atoms with Crippen molar-refractivity contribution in [1.82, 2.24) is 0 Å². The highest BCUT2D eigenvalue weighted by atomic mass is 16.7. The summed E-state index contributed by atoms with van der Waals surface area (Å²) in [6.45, 7) is 4.56. The lowest BCUT2D eigenvalue weighted by Crippen LogP contribution is -2.16. The van der Waals surface area contributed by atoms with Gasteiger partial charge in [-0.05, 0) is 49.2 Å². The Morgan fingerprint density at radius 3 is 1.76 bits per heavy atom. The van der Waals surface area contributed by atoms with Gasteiger partial charge in [0.1, 0.15) is 25.8 Å². The van der Waals surface area contributed by atoms with E-state index in [-0.39, 0.29) is 31.8 Å². The Morgan fingerprint density at radius 1 is 0.632 bits per heavy atom. The number of carbonyl (C=O) groups excluding carboxylic acids is 4. The zero-order chi connectivity index (χ0) is 27.6. The number of carbonyl (C=O) groups is 4. The molecule has 10 heteroatoms. The minimum absolute atomic E-state index is 0.0404. The van der Waals surface area contributed by atoms with Gasteiger partial charge in [0.05, 0.1) is 26.1 Å². The molecule has 0 amide bonds. The molecule has 0 saturated heterocycles. The van der Waals surface area contributed by atoms with Gasteiger partial charge in [0.25, 0.3) is 0 Å². The van der Waals surface area contributed by atoms with E-state index in [0.29, 0.717) is 54.2 Å². The molecule has 0 fully saturated rings. The zero-order valence-corrected chi connectivity index (χ0v) is 21.8. The maximum atomic E-state index is 12.0. The highest BCUT2D eigenvalue weighted by Gasteiger charge is 2.12. The van der Waals surface area contributed by atoms with Crippen molar-refractivity contribution >= 4 is 24.5 Å². The van der Waals surface area contributed by atoms with Crippen LogP contribution in [0.1, 0.15) is 66.7 Å². The van der Waals surface area contributed by atoms with Crippen molar-refractivity contribution in [2.75, 3.05) is 33.2 Å². The summed E-state index contributed by atoms with van der Waals surface area (Å²) in [4.78, 5) is 46.0. The van der Waals surface area contributed by atoms with Crippen LogP contribution in [0.3, 0.4) is 0 Å². The molecule has 0 aliphatic rings. The molecule has 2 rings (SSSR count). The third kappa shape index (κ3) is 10.9. The SMILES string of the molecule is CCCCOc1ccc(C=O)cc1OCCOC(=O)CCC(=O)OCOc1cc(C=O)ccc1OCCC. The highest BCUT2D eigenvalue weighted by Crippen LogP contribution is 2.29. The molecule has 0 bridgehead atoms. The molecule has 38 heavy (non-hydrogen) atoms. The fraction of sp³-hybridized carbons (Fsp3) is 0.429. The topological polar surface area (TPSA) is 124 Å². The van der Waals surface area contributed by atoms with Gasteiger partial charge in [-0.2, -0.15) is 0 Å². The van der Waals surface area contributed by atoms with Crippen molar-refractivity contribution in [3.63, 3.8) is 0 Å². The maximum Gasteiger partial charge on any atom is 0.309 e. The molecule has 0 heterocycles. The predicted octanol–water partition coefficient (Wildman–Crippen LogP) is 4.56. The van der Waals surface area contributed by atoms with Gasteiger partial charge in [0.2, 0.25) is 6.79 Å². The molecule has 10 nitrogen and oxygen atoms in total. The van der Waals surface area contributed by atoms with Gasteiger partial charge in [-0.3, -0.25) is 19.2 Å². The molecule has 0 N–H and O–H groups in total. The van der Waals surface area contributed by atoms with Crippen LogP contribution in [0.5, 0.6) is 23.0 Å². The average Bonchev–Trinajstić information content (AvgIpc) is 2.94. The van der Waals surface area contributed by atoms with Crippen LogP contribution in [0.4, 0.5) is 0 Å². The van der Waals surface area contributed by atoms with E-state index in [1.807, 2.05) is 13.8 Å². The molecule has 2 aromatic rings. The van der Waals surface area contributed by atoms with E-state index in [9.17, 15) is 19.2 Å². The number of hydrogen-bond donors (Lipinski definition) is 0. The molecule has 0 aromatic heterocycles. The summed E-state index contributed by atoms with van der Waals surface area (Å²) in [5.74, 6) is 0.334. The Balaban J connectivity index is 1.70. The summed E-state index contributed by atoms with van der Waals surface area (Å²) in [6, 6.07) is 9.54. The second kappa shape index (κ2) is 17.4. The number of hydrogen-bond acceptors (Lipinski definition) is 10. The van der Waals surface area contributed by atoms with Crippen LogP contribution in [0, 0.1) is 0 Å². The minimum Gasteiger partial charge on any atom is -0.490 e. The Morgan fingerprint density at radius 2 is 1.18 bits per heavy atom. The monoisotopic (exact) mass is 530 g/mol. The summed E-state index contributed by atoms with van der Waals surface area (Å²) in [5, 5.41) is 0. The molecular formula is C28H34O10. The summed E-state index contributed by atoms with van der Waals surface area (Å²) < 4.78 is 32.4. The van der Waals surface area contributed by atoms with Gasteiger partial charge >= 0.3 is 11.9 Å². The van der Waals surface area contributed by atoms with E-state index in [0.717, 1.165) is 19.3 Å². The Labute approximate surface area is 222 Å². The third-order valence-corrected chi connectivity index (χ3v) is 5.00. The summed E-state index contributed by atoms with van der Waals surface area (Å²) in [7, 11) is 0. The maximum absolute atomic E-state index is 12.0. The third-order valence-electron chi connectivity index (χ3n) is 5.00. The Kier molecular flexibility index (Phi) is 13.8. The normalized spacial score (nSPS) is 10.3. The van der Waals surface area contributed by atoms with Crippen LogP contribution < -0.4 is 18.9 Å². The van der Waals surface area contributed by atoms with Gasteiger partial charge in [-0.25, -0.2) is 0 Å². The highest BCUT2D eigenvalue weighted by molar-refractivity contribution is 5.78. The van der Waals surface area contributed by atoms with Crippen molar-refractivity contribution in [2.24, 2.45) is 0 Å². The van der Waals surface area contributed by atoms with Gasteiger partial charge in [-0.15, -0.1) is 0 Å². The molecule has 0 spiro atoms. The molecule has 0 saturated carbocycles. The van der Waals surface area contributed by atoms with Crippen LogP contribution in [0.2, 0.25) is 0 Å². The van der Waals surface area contributed by atoms with Gasteiger partial charge in [0, 0.05) is 11.1 Å². The van der Waals surface area contributed by atoms with Gasteiger partial charge in [-0.1, -0.05) is 20.3 Å². The lowest BCUT2D eigenvalue weighted by atomic mass is 10.2. The molecule has 0 aliphatic heterocycles. The van der Waals surface area contributed by atoms with Crippen molar-refractivity contribution in [3.05, 3.63) is 47.5 Å². The first-order chi connectivity index (χ1) is 18.5. The average molecular weight is 531 g/mol. The number of ether oxygens (including phenoxy) is 6. The van der Waals surface area contributed by atoms with E-state index in [4.69, 9.17) is 28.4 Å². The van der Waals surface area contributed by atoms with E-state index in [1.165, 1.54) is 6.07 Å². The first-order valence-corrected chi connectivity index (χ1v) is 12.5. The Hall–Kier alpha value is -4.08. The van der Waals surface area contributed by atoms with Crippen LogP contribution in [-0.4, -0.2) is 57.7 Å². The molecule has 0 aliphatic carbocycles. The molecular weight excluding hydrogens is 496 g/mol. The summed E-state index contributed by atoms with van der Waals surface area (Å²) in [5.41, 5.74) is 0.821. The number of rotatable bonds is 19. The molecule has 0 unspecified atom stereocenters. The summed E-state index contributed by atoms with van der Waals surface area (Å²) in [6.07, 6.45) is 3.62. The van der Waals surface area contributed by atoms with E-state index >= 15 is 0 Å². The summed E-state index contributed by atoms with van der Waals surface area (Å²) >= 11 is 0. The van der Waals surface area contributed by atoms with Crippen LogP contribution in [0.15, 0.2) is 36.4 Å². The minimum atomic E-state index is -0.652. The van der Waals surface area contributed by atoms with Crippen molar-refractivity contribution < 1.29 is 47.6 Å². The Bertz CT molecular complexity index is 1050. The number of unbranched alkanes of at least 4 members (excludes halogenated alkanes) is 1. The molecule has 206 valence electrons.